The molecule has 238 valence electrons. The van der Waals surface area contributed by atoms with E-state index >= 15 is 0 Å². The number of hydrazine groups is 1. The predicted octanol–water partition coefficient (Wildman–Crippen LogP) is 2.87. The third-order valence-electron chi connectivity index (χ3n) is 7.77. The molecule has 5 rings (SSSR count). The molecular formula is C31H32N8O7. The lowest BCUT2D eigenvalue weighted by Gasteiger charge is -2.32. The number of para-hydroxylation sites is 1. The van der Waals surface area contributed by atoms with Gasteiger partial charge in [-0.15, -0.1) is 0 Å². The van der Waals surface area contributed by atoms with E-state index in [1.165, 1.54) is 12.1 Å². The monoisotopic (exact) mass is 628 g/mol. The molecule has 1 aromatic heterocycles. The summed E-state index contributed by atoms with van der Waals surface area (Å²) in [5.74, 6) is -2.07. The minimum atomic E-state index is -1.58. The molecule has 6 N–H and O–H groups in total. The van der Waals surface area contributed by atoms with Crippen molar-refractivity contribution in [1.82, 2.24) is 15.3 Å². The summed E-state index contributed by atoms with van der Waals surface area (Å²) in [7, 11) is 0. The zero-order valence-electron chi connectivity index (χ0n) is 24.6. The van der Waals surface area contributed by atoms with E-state index in [1.807, 2.05) is 24.3 Å². The summed E-state index contributed by atoms with van der Waals surface area (Å²) < 4.78 is 5.46. The summed E-state index contributed by atoms with van der Waals surface area (Å²) in [6.07, 6.45) is 0.0798. The number of nitro benzene ring substituents is 1. The van der Waals surface area contributed by atoms with E-state index in [0.717, 1.165) is 22.2 Å². The maximum Gasteiger partial charge on any atom is 0.335 e. The van der Waals surface area contributed by atoms with Crippen LogP contribution in [-0.4, -0.2) is 56.4 Å². The zero-order chi connectivity index (χ0) is 32.8. The number of aliphatic imine (C=N–C) groups is 1. The van der Waals surface area contributed by atoms with Crippen LogP contribution in [0.3, 0.4) is 0 Å². The maximum atomic E-state index is 14.1. The number of carbonyl (C=O) groups is 2. The van der Waals surface area contributed by atoms with E-state index < -0.39 is 40.0 Å². The van der Waals surface area contributed by atoms with Crippen LogP contribution in [-0.2, 0) is 27.4 Å². The van der Waals surface area contributed by atoms with Crippen molar-refractivity contribution in [3.05, 3.63) is 121 Å². The number of nitrogens with two attached hydrogens (primary N) is 2. The fraction of sp³-hybridized carbons (Fsp3) is 0.258. The first-order valence-electron chi connectivity index (χ1n) is 14.5. The van der Waals surface area contributed by atoms with Gasteiger partial charge in [0.2, 0.25) is 0 Å². The van der Waals surface area contributed by atoms with Gasteiger partial charge in [-0.1, -0.05) is 60.7 Å². The highest BCUT2D eigenvalue weighted by molar-refractivity contribution is 5.90. The number of hydrogen-bond acceptors (Lipinski definition) is 9. The number of ether oxygens (including phenoxy) is 1. The lowest BCUT2D eigenvalue weighted by Crippen LogP contribution is -2.57. The predicted molar refractivity (Wildman–Crippen MR) is 168 cm³/mol. The Bertz CT molecular complexity index is 1770. The Balaban J connectivity index is 1.48. The minimum Gasteiger partial charge on any atom is -0.459 e. The van der Waals surface area contributed by atoms with Crippen LogP contribution >= 0.6 is 0 Å². The number of nitrogens with zero attached hydrogens (tertiary/aromatic N) is 4. The van der Waals surface area contributed by atoms with Crippen LogP contribution in [0.15, 0.2) is 83.9 Å². The lowest BCUT2D eigenvalue weighted by molar-refractivity contribution is -0.641. The van der Waals surface area contributed by atoms with Gasteiger partial charge < -0.3 is 21.2 Å². The maximum absolute atomic E-state index is 14.1. The van der Waals surface area contributed by atoms with Gasteiger partial charge in [-0.25, -0.2) is 14.9 Å². The Morgan fingerprint density at radius 3 is 2.37 bits per heavy atom. The molecule has 0 bridgehead atoms. The lowest BCUT2D eigenvalue weighted by atomic mass is 9.89. The highest BCUT2D eigenvalue weighted by Crippen LogP contribution is 2.36. The van der Waals surface area contributed by atoms with Gasteiger partial charge in [0.1, 0.15) is 6.61 Å². The standard InChI is InChI=1S/C31H32N8O7/c32-31(33)34-16-6-11-26(30(41)46-18-19-7-2-1-3-8-19)37(39(44)45)29(40)25-17-23-22-9-4-5-10-24(22)35-28(23)27(36-25)20-12-14-21(15-13-20)38(42)43/h1-5,7-10,12-15,25-27,35-36H,6,11,16-18H2,(H4,32,33,34)/t25-,26-,27+/m0/s1. The van der Waals surface area contributed by atoms with E-state index in [2.05, 4.69) is 15.3 Å². The van der Waals surface area contributed by atoms with Gasteiger partial charge in [0.15, 0.2) is 17.0 Å². The highest BCUT2D eigenvalue weighted by atomic mass is 16.7. The molecule has 0 saturated heterocycles. The van der Waals surface area contributed by atoms with Crippen LogP contribution < -0.4 is 16.8 Å². The average molecular weight is 629 g/mol. The molecule has 0 saturated carbocycles. The first-order valence-corrected chi connectivity index (χ1v) is 14.5. The average Bonchev–Trinajstić information content (AvgIpc) is 3.43. The molecule has 4 aromatic rings. The quantitative estimate of drug-likeness (QED) is 0.0448. The summed E-state index contributed by atoms with van der Waals surface area (Å²) in [5.41, 5.74) is 14.2. The summed E-state index contributed by atoms with van der Waals surface area (Å²) in [6.45, 7) is -0.0699. The number of nitro groups is 2. The number of fused-ring (bicyclic) bond motifs is 3. The van der Waals surface area contributed by atoms with Gasteiger partial charge in [0.25, 0.3) is 5.69 Å². The molecule has 0 aliphatic carbocycles. The molecule has 2 heterocycles. The molecule has 0 radical (unpaired) electrons. The number of rotatable bonds is 12. The number of nitrogens with one attached hydrogen (secondary N) is 2. The minimum absolute atomic E-state index is 0.0752. The molecular weight excluding hydrogens is 596 g/mol. The summed E-state index contributed by atoms with van der Waals surface area (Å²) in [5, 5.41) is 27.3. The van der Waals surface area contributed by atoms with Gasteiger partial charge in [-0.3, -0.25) is 25.2 Å². The second kappa shape index (κ2) is 13.9. The number of aromatic nitrogens is 1. The third-order valence-corrected chi connectivity index (χ3v) is 7.77. The molecule has 1 aliphatic heterocycles. The fourth-order valence-corrected chi connectivity index (χ4v) is 5.61. The van der Waals surface area contributed by atoms with Crippen molar-refractivity contribution >= 4 is 34.4 Å². The zero-order valence-corrected chi connectivity index (χ0v) is 24.6. The van der Waals surface area contributed by atoms with Gasteiger partial charge in [-0.05, 0) is 47.0 Å². The van der Waals surface area contributed by atoms with E-state index in [1.54, 1.807) is 42.5 Å². The molecule has 46 heavy (non-hydrogen) atoms. The molecule has 3 atom stereocenters. The summed E-state index contributed by atoms with van der Waals surface area (Å²) in [4.78, 5) is 58.1. The summed E-state index contributed by atoms with van der Waals surface area (Å²) >= 11 is 0. The number of hydrogen-bond donors (Lipinski definition) is 4. The Morgan fingerprint density at radius 2 is 1.70 bits per heavy atom. The number of benzene rings is 3. The second-order valence-corrected chi connectivity index (χ2v) is 10.7. The molecule has 1 amide bonds. The van der Waals surface area contributed by atoms with Gasteiger partial charge in [0, 0.05) is 35.3 Å². The third kappa shape index (κ3) is 6.94. The smallest absolute Gasteiger partial charge is 0.335 e. The van der Waals surface area contributed by atoms with E-state index in [9.17, 15) is 29.8 Å². The molecule has 0 fully saturated rings. The molecule has 0 unspecified atom stereocenters. The van der Waals surface area contributed by atoms with Crippen LogP contribution in [0.2, 0.25) is 0 Å². The van der Waals surface area contributed by atoms with E-state index in [0.29, 0.717) is 16.1 Å². The van der Waals surface area contributed by atoms with Crippen LogP contribution in [0, 0.1) is 20.2 Å². The van der Waals surface area contributed by atoms with Crippen molar-refractivity contribution in [2.45, 2.75) is 44.0 Å². The van der Waals surface area contributed by atoms with Crippen molar-refractivity contribution in [2.24, 2.45) is 16.5 Å². The Hall–Kier alpha value is -5.83. The Morgan fingerprint density at radius 1 is 1.00 bits per heavy atom. The highest BCUT2D eigenvalue weighted by Gasteiger charge is 2.45. The van der Waals surface area contributed by atoms with Crippen molar-refractivity contribution in [3.8, 4) is 0 Å². The molecule has 1 aliphatic rings. The van der Waals surface area contributed by atoms with Gasteiger partial charge >= 0.3 is 11.9 Å². The van der Waals surface area contributed by atoms with Crippen molar-refractivity contribution in [2.75, 3.05) is 6.54 Å². The van der Waals surface area contributed by atoms with Crippen molar-refractivity contribution in [1.29, 1.82) is 0 Å². The fourth-order valence-electron chi connectivity index (χ4n) is 5.61. The van der Waals surface area contributed by atoms with E-state index in [4.69, 9.17) is 16.2 Å². The SMILES string of the molecule is NC(N)=NCCC[C@@H](C(=O)OCc1ccccc1)N(C(=O)[C@@H]1Cc2c([nH]c3ccccc23)[C@@H](c2ccc([N+](=O)[O-])cc2)N1)[N+](=O)[O-]. The largest absolute Gasteiger partial charge is 0.459 e. The number of non-ortho nitro benzene ring substituents is 1. The first-order chi connectivity index (χ1) is 22.1. The molecule has 15 nitrogen and oxygen atoms in total. The number of guanidine groups is 1. The van der Waals surface area contributed by atoms with Crippen LogP contribution in [0.1, 0.15) is 41.3 Å². The van der Waals surface area contributed by atoms with Crippen molar-refractivity contribution in [3.63, 3.8) is 0 Å². The Labute approximate surface area is 262 Å². The molecule has 3 aromatic carbocycles. The number of amides is 1. The van der Waals surface area contributed by atoms with Crippen molar-refractivity contribution < 1.29 is 24.3 Å². The molecule has 0 spiro atoms. The first kappa shape index (κ1) is 31.6. The normalized spacial score (nSPS) is 16.2. The summed E-state index contributed by atoms with van der Waals surface area (Å²) in [6, 6.07) is 18.7. The van der Waals surface area contributed by atoms with Crippen LogP contribution in [0.25, 0.3) is 10.9 Å². The van der Waals surface area contributed by atoms with E-state index in [-0.39, 0.29) is 44.1 Å². The second-order valence-electron chi connectivity index (χ2n) is 10.7. The molecule has 15 heteroatoms. The van der Waals surface area contributed by atoms with Gasteiger partial charge in [-0.2, -0.15) is 0 Å². The topological polar surface area (TPSA) is 225 Å². The van der Waals surface area contributed by atoms with Crippen LogP contribution in [0.4, 0.5) is 5.69 Å². The number of H-pyrrole nitrogens is 1. The number of aromatic amines is 1. The Kier molecular flexibility index (Phi) is 9.52. The number of carbonyl (C=O) groups excluding carboxylic acids is 2. The number of esters is 1. The van der Waals surface area contributed by atoms with Crippen LogP contribution in [0.5, 0.6) is 0 Å². The van der Waals surface area contributed by atoms with Gasteiger partial charge in [0.05, 0.1) is 17.0 Å².